The van der Waals surface area contributed by atoms with E-state index in [2.05, 4.69) is 6.92 Å². The van der Waals surface area contributed by atoms with Gasteiger partial charge in [-0.3, -0.25) is 4.79 Å². The van der Waals surface area contributed by atoms with Crippen LogP contribution in [0.1, 0.15) is 58.3 Å². The van der Waals surface area contributed by atoms with Crippen molar-refractivity contribution in [3.63, 3.8) is 0 Å². The molecule has 1 saturated heterocycles. The summed E-state index contributed by atoms with van der Waals surface area (Å²) in [6.07, 6.45) is 7.63. The van der Waals surface area contributed by atoms with Crippen LogP contribution in [0.5, 0.6) is 0 Å². The van der Waals surface area contributed by atoms with Crippen molar-refractivity contribution in [2.45, 2.75) is 70.2 Å². The fourth-order valence-corrected chi connectivity index (χ4v) is 7.47. The molecule has 5 rings (SSSR count). The Hall–Kier alpha value is -0.450. The lowest BCUT2D eigenvalue weighted by Gasteiger charge is -2.56. The van der Waals surface area contributed by atoms with Crippen molar-refractivity contribution in [1.29, 1.82) is 0 Å². The van der Waals surface area contributed by atoms with Gasteiger partial charge in [-0.2, -0.15) is 0 Å². The van der Waals surface area contributed by atoms with Crippen molar-refractivity contribution in [1.82, 2.24) is 0 Å². The first-order valence-electron chi connectivity index (χ1n) is 10.0. The van der Waals surface area contributed by atoms with Crippen LogP contribution >= 0.6 is 0 Å². The third-order valence-electron chi connectivity index (χ3n) is 8.57. The molecule has 5 aliphatic rings. The van der Waals surface area contributed by atoms with Gasteiger partial charge in [-0.05, 0) is 62.2 Å². The Morgan fingerprint density at radius 2 is 1.79 bits per heavy atom. The summed E-state index contributed by atoms with van der Waals surface area (Å²) in [5.41, 5.74) is 0.0754. The summed E-state index contributed by atoms with van der Waals surface area (Å²) in [5.74, 6) is 2.46. The quantitative estimate of drug-likeness (QED) is 0.740. The number of Topliss-reactive ketones (excluding diaryl/α,β-unsaturated/α-hetero) is 1. The molecular weight excluding hydrogens is 304 g/mol. The summed E-state index contributed by atoms with van der Waals surface area (Å²) in [4.78, 5) is 12.9. The fraction of sp³-hybridized carbons (Fsp3) is 0.950. The monoisotopic (exact) mass is 334 g/mol. The smallest absolute Gasteiger partial charge is 0.174 e. The van der Waals surface area contributed by atoms with Crippen LogP contribution in [0.4, 0.5) is 0 Å². The van der Waals surface area contributed by atoms with Gasteiger partial charge in [0.2, 0.25) is 0 Å². The van der Waals surface area contributed by atoms with Gasteiger partial charge in [0.15, 0.2) is 5.79 Å². The number of fused-ring (bicyclic) bond motifs is 6. The number of ether oxygens (including phenoxy) is 2. The van der Waals surface area contributed by atoms with E-state index in [-0.39, 0.29) is 23.2 Å². The second-order valence-corrected chi connectivity index (χ2v) is 9.29. The average molecular weight is 334 g/mol. The van der Waals surface area contributed by atoms with Crippen LogP contribution in [-0.4, -0.2) is 36.0 Å². The number of rotatable bonds is 0. The molecule has 0 amide bonds. The zero-order valence-electron chi connectivity index (χ0n) is 14.7. The maximum Gasteiger partial charge on any atom is 0.174 e. The predicted octanol–water partition coefficient (Wildman–Crippen LogP) is 2.92. The molecule has 1 spiro atoms. The largest absolute Gasteiger partial charge is 0.393 e. The Balaban J connectivity index is 1.45. The topological polar surface area (TPSA) is 55.8 Å². The average Bonchev–Trinajstić information content (AvgIpc) is 3.15. The van der Waals surface area contributed by atoms with E-state index in [0.29, 0.717) is 35.9 Å². The van der Waals surface area contributed by atoms with Gasteiger partial charge in [0.1, 0.15) is 5.78 Å². The van der Waals surface area contributed by atoms with E-state index in [1.165, 1.54) is 12.8 Å². The number of carbonyl (C=O) groups excluding carboxylic acids is 1. The molecule has 4 heteroatoms. The highest BCUT2D eigenvalue weighted by Crippen LogP contribution is 2.66. The minimum atomic E-state index is -0.370. The second kappa shape index (κ2) is 5.28. The van der Waals surface area contributed by atoms with Gasteiger partial charge in [-0.1, -0.05) is 6.92 Å². The van der Waals surface area contributed by atoms with Gasteiger partial charge in [-0.15, -0.1) is 0 Å². The van der Waals surface area contributed by atoms with Gasteiger partial charge < -0.3 is 14.6 Å². The van der Waals surface area contributed by atoms with E-state index in [1.54, 1.807) is 0 Å². The van der Waals surface area contributed by atoms with E-state index < -0.39 is 0 Å². The summed E-state index contributed by atoms with van der Waals surface area (Å²) >= 11 is 0. The lowest BCUT2D eigenvalue weighted by Crippen LogP contribution is -2.55. The lowest BCUT2D eigenvalue weighted by molar-refractivity contribution is -0.242. The molecule has 0 radical (unpaired) electrons. The molecule has 1 N–H and O–H groups in total. The van der Waals surface area contributed by atoms with Gasteiger partial charge in [0.05, 0.1) is 19.3 Å². The van der Waals surface area contributed by atoms with Crippen molar-refractivity contribution in [2.75, 3.05) is 13.2 Å². The van der Waals surface area contributed by atoms with Crippen LogP contribution < -0.4 is 0 Å². The maximum absolute atomic E-state index is 12.9. The molecule has 134 valence electrons. The summed E-state index contributed by atoms with van der Waals surface area (Å²) in [7, 11) is 0. The number of carbonyl (C=O) groups is 1. The lowest BCUT2D eigenvalue weighted by atomic mass is 9.49. The van der Waals surface area contributed by atoms with E-state index in [0.717, 1.165) is 45.3 Å². The first-order chi connectivity index (χ1) is 11.5. The molecule has 24 heavy (non-hydrogen) atoms. The first kappa shape index (κ1) is 15.8. The van der Waals surface area contributed by atoms with E-state index in [4.69, 9.17) is 9.47 Å². The number of hydrogen-bond donors (Lipinski definition) is 1. The van der Waals surface area contributed by atoms with Crippen molar-refractivity contribution in [2.24, 2.45) is 35.0 Å². The Bertz CT molecular complexity index is 540. The van der Waals surface area contributed by atoms with Gasteiger partial charge in [-0.25, -0.2) is 0 Å². The third kappa shape index (κ3) is 1.94. The zero-order chi connectivity index (χ0) is 16.5. The van der Waals surface area contributed by atoms with Crippen molar-refractivity contribution >= 4 is 5.78 Å². The van der Waals surface area contributed by atoms with E-state index in [9.17, 15) is 9.90 Å². The predicted molar refractivity (Wildman–Crippen MR) is 88.1 cm³/mol. The van der Waals surface area contributed by atoms with E-state index in [1.807, 2.05) is 0 Å². The molecular formula is C20H30O4. The number of hydrogen-bond acceptors (Lipinski definition) is 4. The molecule has 0 aromatic carbocycles. The minimum Gasteiger partial charge on any atom is -0.393 e. The maximum atomic E-state index is 12.9. The van der Waals surface area contributed by atoms with Gasteiger partial charge in [0, 0.05) is 24.2 Å². The minimum absolute atomic E-state index is 0.0754. The molecule has 0 unspecified atom stereocenters. The Morgan fingerprint density at radius 3 is 2.58 bits per heavy atom. The SMILES string of the molecule is C[C@]12CC[C@@H]3[C@H]4CC[C@H](O)C[C@@H]4C(=O)C[C@H]3[C@@H]1CCC21OCCO1. The first-order valence-corrected chi connectivity index (χ1v) is 10.0. The molecule has 0 aromatic rings. The van der Waals surface area contributed by atoms with Crippen molar-refractivity contribution in [3.05, 3.63) is 0 Å². The molecule has 1 heterocycles. The van der Waals surface area contributed by atoms with Crippen LogP contribution in [0.25, 0.3) is 0 Å². The summed E-state index contributed by atoms with van der Waals surface area (Å²) in [6, 6.07) is 0. The second-order valence-electron chi connectivity index (χ2n) is 9.29. The number of aliphatic hydroxyl groups excluding tert-OH is 1. The molecule has 4 aliphatic carbocycles. The molecule has 0 bridgehead atoms. The highest BCUT2D eigenvalue weighted by Gasteiger charge is 2.66. The Kier molecular flexibility index (Phi) is 3.47. The number of aliphatic hydroxyl groups is 1. The van der Waals surface area contributed by atoms with Crippen LogP contribution in [0.15, 0.2) is 0 Å². The number of ketones is 1. The van der Waals surface area contributed by atoms with Crippen LogP contribution in [0.3, 0.4) is 0 Å². The molecule has 0 aromatic heterocycles. The van der Waals surface area contributed by atoms with E-state index >= 15 is 0 Å². The summed E-state index contributed by atoms with van der Waals surface area (Å²) in [6.45, 7) is 3.81. The molecule has 7 atom stereocenters. The van der Waals surface area contributed by atoms with Crippen LogP contribution in [0.2, 0.25) is 0 Å². The van der Waals surface area contributed by atoms with Crippen molar-refractivity contribution in [3.8, 4) is 0 Å². The standard InChI is InChI=1S/C20H30O4/c1-19-6-4-14-13-3-2-12(21)10-16(13)18(22)11-15(14)17(19)5-7-20(19)23-8-9-24-20/h12-17,21H,2-11H2,1H3/t12-,13+,14+,15+,16-,17-,19-/m0/s1. The normalized spacial score (nSPS) is 52.8. The highest BCUT2D eigenvalue weighted by molar-refractivity contribution is 5.82. The summed E-state index contributed by atoms with van der Waals surface area (Å²) in [5, 5.41) is 10.0. The zero-order valence-corrected chi connectivity index (χ0v) is 14.7. The fourth-order valence-electron chi connectivity index (χ4n) is 7.47. The van der Waals surface area contributed by atoms with Crippen LogP contribution in [-0.2, 0) is 14.3 Å². The summed E-state index contributed by atoms with van der Waals surface area (Å²) < 4.78 is 12.3. The molecule has 4 saturated carbocycles. The van der Waals surface area contributed by atoms with Gasteiger partial charge >= 0.3 is 0 Å². The van der Waals surface area contributed by atoms with Crippen molar-refractivity contribution < 1.29 is 19.4 Å². The highest BCUT2D eigenvalue weighted by atomic mass is 16.7. The third-order valence-corrected chi connectivity index (χ3v) is 8.57. The Morgan fingerprint density at radius 1 is 1.00 bits per heavy atom. The van der Waals surface area contributed by atoms with Gasteiger partial charge in [0.25, 0.3) is 0 Å². The molecule has 5 fully saturated rings. The molecule has 4 nitrogen and oxygen atoms in total. The van der Waals surface area contributed by atoms with Crippen LogP contribution in [0, 0.1) is 35.0 Å². The Labute approximate surface area is 144 Å². The molecule has 1 aliphatic heterocycles.